The molecule has 0 radical (unpaired) electrons. The monoisotopic (exact) mass is 298 g/mol. The topological polar surface area (TPSA) is 15.3 Å². The minimum absolute atomic E-state index is 0.0999. The quantitative estimate of drug-likeness (QED) is 0.774. The van der Waals surface area contributed by atoms with Gasteiger partial charge in [0.15, 0.2) is 0 Å². The molecule has 0 amide bonds. The van der Waals surface area contributed by atoms with E-state index in [2.05, 4.69) is 24.1 Å². The summed E-state index contributed by atoms with van der Waals surface area (Å²) in [6.07, 6.45) is 4.35. The van der Waals surface area contributed by atoms with Gasteiger partial charge in [0, 0.05) is 37.5 Å². The molecule has 19 heavy (non-hydrogen) atoms. The smallest absolute Gasteiger partial charge is 0.311 e. The van der Waals surface area contributed by atoms with Crippen molar-refractivity contribution in [2.75, 3.05) is 25.4 Å². The van der Waals surface area contributed by atoms with Crippen LogP contribution in [0.2, 0.25) is 0 Å². The highest BCUT2D eigenvalue weighted by Gasteiger charge is 2.30. The molecule has 2 nitrogen and oxygen atoms in total. The molecular weight excluding hydrogens is 273 g/mol. The van der Waals surface area contributed by atoms with E-state index in [1.54, 1.807) is 0 Å². The fourth-order valence-electron chi connectivity index (χ4n) is 2.64. The van der Waals surface area contributed by atoms with E-state index >= 15 is 0 Å². The van der Waals surface area contributed by atoms with E-state index in [-0.39, 0.29) is 17.5 Å². The zero-order valence-corrected chi connectivity index (χ0v) is 12.6. The molecule has 0 aromatic rings. The lowest BCUT2D eigenvalue weighted by Crippen LogP contribution is -2.56. The Bertz CT molecular complexity index is 249. The van der Waals surface area contributed by atoms with Crippen LogP contribution in [0.3, 0.4) is 0 Å². The van der Waals surface area contributed by atoms with E-state index in [0.29, 0.717) is 18.6 Å². The summed E-state index contributed by atoms with van der Waals surface area (Å²) in [5.41, 5.74) is -4.10. The first-order chi connectivity index (χ1) is 8.96. The average Bonchev–Trinajstić information content (AvgIpc) is 2.31. The third-order valence-electron chi connectivity index (χ3n) is 3.52. The number of nitrogens with zero attached hydrogens (tertiary/aromatic N) is 1. The van der Waals surface area contributed by atoms with Gasteiger partial charge in [0.1, 0.15) is 0 Å². The second kappa shape index (κ2) is 8.37. The molecule has 1 aliphatic rings. The molecule has 0 aliphatic carbocycles. The Balaban J connectivity index is 2.42. The average molecular weight is 298 g/mol. The van der Waals surface area contributed by atoms with Crippen LogP contribution in [0.5, 0.6) is 0 Å². The minimum atomic E-state index is -4.10. The van der Waals surface area contributed by atoms with Crippen LogP contribution in [-0.4, -0.2) is 47.9 Å². The van der Waals surface area contributed by atoms with Gasteiger partial charge in [-0.15, -0.1) is 0 Å². The number of halogens is 3. The van der Waals surface area contributed by atoms with E-state index < -0.39 is 5.51 Å². The fourth-order valence-corrected chi connectivity index (χ4v) is 3.20. The van der Waals surface area contributed by atoms with Crippen molar-refractivity contribution in [3.8, 4) is 0 Å². The van der Waals surface area contributed by atoms with Crippen molar-refractivity contribution in [2.45, 2.75) is 57.1 Å². The summed E-state index contributed by atoms with van der Waals surface area (Å²) in [6.45, 7) is 6.60. The van der Waals surface area contributed by atoms with Gasteiger partial charge < -0.3 is 5.32 Å². The highest BCUT2D eigenvalue weighted by Crippen LogP contribution is 2.30. The molecule has 2 unspecified atom stereocenters. The van der Waals surface area contributed by atoms with Crippen LogP contribution in [-0.2, 0) is 0 Å². The summed E-state index contributed by atoms with van der Waals surface area (Å²) in [7, 11) is 0. The summed E-state index contributed by atoms with van der Waals surface area (Å²) in [4.78, 5) is 2.25. The third kappa shape index (κ3) is 6.86. The van der Waals surface area contributed by atoms with Crippen LogP contribution < -0.4 is 5.32 Å². The summed E-state index contributed by atoms with van der Waals surface area (Å²) >= 11 is 0.0999. The highest BCUT2D eigenvalue weighted by molar-refractivity contribution is 8.00. The molecule has 1 heterocycles. The predicted molar refractivity (Wildman–Crippen MR) is 75.5 cm³/mol. The van der Waals surface area contributed by atoms with Gasteiger partial charge in [0.05, 0.1) is 0 Å². The molecule has 0 bridgehead atoms. The van der Waals surface area contributed by atoms with E-state index in [4.69, 9.17) is 0 Å². The molecule has 1 fully saturated rings. The largest absolute Gasteiger partial charge is 0.441 e. The minimum Gasteiger partial charge on any atom is -0.311 e. The Morgan fingerprint density at radius 1 is 1.21 bits per heavy atom. The highest BCUT2D eigenvalue weighted by atomic mass is 32.2. The first-order valence-electron chi connectivity index (χ1n) is 7.14. The second-order valence-electron chi connectivity index (χ2n) is 5.13. The van der Waals surface area contributed by atoms with Crippen molar-refractivity contribution in [2.24, 2.45) is 0 Å². The summed E-state index contributed by atoms with van der Waals surface area (Å²) in [6, 6.07) is 0.834. The number of alkyl halides is 3. The van der Waals surface area contributed by atoms with E-state index in [1.807, 2.05) is 0 Å². The van der Waals surface area contributed by atoms with E-state index in [1.165, 1.54) is 0 Å². The number of hydrogen-bond donors (Lipinski definition) is 1. The van der Waals surface area contributed by atoms with Crippen LogP contribution in [0.25, 0.3) is 0 Å². The number of nitrogens with one attached hydrogen (secondary N) is 1. The number of rotatable bonds is 7. The maximum atomic E-state index is 12.2. The zero-order chi connectivity index (χ0) is 14.3. The molecule has 0 spiro atoms. The van der Waals surface area contributed by atoms with Gasteiger partial charge in [-0.2, -0.15) is 13.2 Å². The molecule has 1 rings (SSSR count). The standard InChI is InChI=1S/C13H25F3N2S/c1-3-5-11-10-18(7-8-19-13(14,15)16)12(6-4-2)9-17-11/h11-12,17H,3-10H2,1-2H3. The Hall–Kier alpha value is 0.0600. The van der Waals surface area contributed by atoms with Crippen molar-refractivity contribution >= 4 is 11.8 Å². The van der Waals surface area contributed by atoms with Gasteiger partial charge in [0.2, 0.25) is 0 Å². The maximum absolute atomic E-state index is 12.2. The molecular formula is C13H25F3N2S. The molecule has 1 N–H and O–H groups in total. The fraction of sp³-hybridized carbons (Fsp3) is 1.00. The molecule has 2 atom stereocenters. The molecule has 0 aromatic carbocycles. The molecule has 0 saturated carbocycles. The normalized spacial score (nSPS) is 25.7. The molecule has 1 aliphatic heterocycles. The van der Waals surface area contributed by atoms with Gasteiger partial charge in [-0.25, -0.2) is 0 Å². The molecule has 0 aromatic heterocycles. The van der Waals surface area contributed by atoms with Gasteiger partial charge >= 0.3 is 5.51 Å². The maximum Gasteiger partial charge on any atom is 0.441 e. The van der Waals surface area contributed by atoms with Gasteiger partial charge in [-0.3, -0.25) is 4.90 Å². The van der Waals surface area contributed by atoms with E-state index in [9.17, 15) is 13.2 Å². The Morgan fingerprint density at radius 2 is 1.89 bits per heavy atom. The van der Waals surface area contributed by atoms with Gasteiger partial charge in [-0.05, 0) is 24.6 Å². The van der Waals surface area contributed by atoms with Gasteiger partial charge in [-0.1, -0.05) is 26.7 Å². The first kappa shape index (κ1) is 17.1. The second-order valence-corrected chi connectivity index (χ2v) is 6.29. The molecule has 1 saturated heterocycles. The lowest BCUT2D eigenvalue weighted by atomic mass is 10.0. The number of hydrogen-bond acceptors (Lipinski definition) is 3. The summed E-state index contributed by atoms with van der Waals surface area (Å²) < 4.78 is 36.6. The Kier molecular flexibility index (Phi) is 7.54. The van der Waals surface area contributed by atoms with Crippen molar-refractivity contribution < 1.29 is 13.2 Å². The van der Waals surface area contributed by atoms with Crippen molar-refractivity contribution in [3.63, 3.8) is 0 Å². The van der Waals surface area contributed by atoms with Crippen molar-refractivity contribution in [3.05, 3.63) is 0 Å². The summed E-state index contributed by atoms with van der Waals surface area (Å²) in [5.74, 6) is 0.141. The van der Waals surface area contributed by atoms with Crippen LogP contribution in [0.15, 0.2) is 0 Å². The lowest BCUT2D eigenvalue weighted by molar-refractivity contribution is -0.0329. The Morgan fingerprint density at radius 3 is 2.47 bits per heavy atom. The molecule has 114 valence electrons. The van der Waals surface area contributed by atoms with Crippen LogP contribution in [0, 0.1) is 0 Å². The lowest BCUT2D eigenvalue weighted by Gasteiger charge is -2.40. The third-order valence-corrected chi connectivity index (χ3v) is 4.23. The van der Waals surface area contributed by atoms with Crippen molar-refractivity contribution in [1.82, 2.24) is 10.2 Å². The summed E-state index contributed by atoms with van der Waals surface area (Å²) in [5, 5.41) is 3.52. The van der Waals surface area contributed by atoms with Crippen LogP contribution in [0.1, 0.15) is 39.5 Å². The molecule has 6 heteroatoms. The van der Waals surface area contributed by atoms with Crippen LogP contribution in [0.4, 0.5) is 13.2 Å². The first-order valence-corrected chi connectivity index (χ1v) is 8.13. The van der Waals surface area contributed by atoms with Gasteiger partial charge in [0.25, 0.3) is 0 Å². The Labute approximate surface area is 118 Å². The number of piperazine rings is 1. The van der Waals surface area contributed by atoms with Crippen LogP contribution >= 0.6 is 11.8 Å². The SMILES string of the molecule is CCCC1CN(CCSC(F)(F)F)C(CCC)CN1. The zero-order valence-electron chi connectivity index (χ0n) is 11.8. The van der Waals surface area contributed by atoms with Crippen molar-refractivity contribution in [1.29, 1.82) is 0 Å². The van der Waals surface area contributed by atoms with E-state index in [0.717, 1.165) is 38.8 Å². The predicted octanol–water partition coefficient (Wildman–Crippen LogP) is 3.48. The number of thioether (sulfide) groups is 1.